The lowest BCUT2D eigenvalue weighted by atomic mass is 10.4. The second-order valence-electron chi connectivity index (χ2n) is 1.74. The summed E-state index contributed by atoms with van der Waals surface area (Å²) in [5, 5.41) is 2.51. The van der Waals surface area contributed by atoms with Gasteiger partial charge in [-0.05, 0) is 24.6 Å². The molecule has 1 aromatic heterocycles. The highest BCUT2D eigenvalue weighted by Gasteiger charge is 2.01. The van der Waals surface area contributed by atoms with Crippen LogP contribution in [0.2, 0.25) is 0 Å². The first kappa shape index (κ1) is 7.16. The smallest absolute Gasteiger partial charge is 0.0388 e. The molecule has 0 bridgehead atoms. The van der Waals surface area contributed by atoms with E-state index in [4.69, 9.17) is 0 Å². The van der Waals surface area contributed by atoms with Crippen molar-refractivity contribution < 1.29 is 0 Å². The number of rotatable bonds is 2. The molecule has 49 valence electrons. The highest BCUT2D eigenvalue weighted by molar-refractivity contribution is 7.99. The van der Waals surface area contributed by atoms with Crippen LogP contribution in [0.15, 0.2) is 17.5 Å². The maximum absolute atomic E-state index is 3.97. The van der Waals surface area contributed by atoms with Crippen LogP contribution in [-0.4, -0.2) is 6.26 Å². The Hall–Kier alpha value is 0.0500. The molecule has 0 spiro atoms. The molecule has 1 unspecified atom stereocenters. The van der Waals surface area contributed by atoms with E-state index in [0.717, 1.165) is 0 Å². The van der Waals surface area contributed by atoms with Crippen LogP contribution in [0.3, 0.4) is 0 Å². The zero-order valence-electron chi connectivity index (χ0n) is 5.33. The third-order valence-corrected chi connectivity index (χ3v) is 3.10. The Morgan fingerprint density at radius 2 is 2.56 bits per heavy atom. The van der Waals surface area contributed by atoms with Crippen LogP contribution in [0.1, 0.15) is 10.1 Å². The molecule has 0 saturated heterocycles. The summed E-state index contributed by atoms with van der Waals surface area (Å²) in [4.78, 5) is 1.36. The molecule has 0 aliphatic rings. The summed E-state index contributed by atoms with van der Waals surface area (Å²) in [6, 6.07) is 4.19. The van der Waals surface area contributed by atoms with Crippen molar-refractivity contribution in [1.82, 2.24) is 0 Å². The molecule has 1 heterocycles. The molecule has 0 nitrogen and oxygen atoms in total. The van der Waals surface area contributed by atoms with Crippen LogP contribution in [-0.2, 0) is 0 Å². The van der Waals surface area contributed by atoms with E-state index in [2.05, 4.69) is 30.7 Å². The van der Waals surface area contributed by atoms with Gasteiger partial charge in [0, 0.05) is 10.1 Å². The maximum atomic E-state index is 3.97. The molecule has 1 radical (unpaired) electrons. The Bertz CT molecular complexity index is 155. The van der Waals surface area contributed by atoms with E-state index in [1.54, 1.807) is 23.1 Å². The van der Waals surface area contributed by atoms with E-state index in [9.17, 15) is 0 Å². The molecule has 0 aromatic carbocycles. The molecule has 1 rings (SSSR count). The van der Waals surface area contributed by atoms with E-state index in [1.807, 2.05) is 0 Å². The Balaban J connectivity index is 2.65. The van der Waals surface area contributed by atoms with Gasteiger partial charge in [0.1, 0.15) is 0 Å². The molecule has 0 aliphatic carbocycles. The van der Waals surface area contributed by atoms with Crippen molar-refractivity contribution >= 4 is 23.1 Å². The zero-order valence-corrected chi connectivity index (χ0v) is 6.97. The summed E-state index contributed by atoms with van der Waals surface area (Å²) in [5.41, 5.74) is 0. The lowest BCUT2D eigenvalue weighted by molar-refractivity contribution is 1.30. The van der Waals surface area contributed by atoms with E-state index in [0.29, 0.717) is 5.25 Å². The van der Waals surface area contributed by atoms with Crippen molar-refractivity contribution in [2.45, 2.75) is 5.25 Å². The lowest BCUT2D eigenvalue weighted by Crippen LogP contribution is -1.79. The second-order valence-corrected chi connectivity index (χ2v) is 3.76. The second kappa shape index (κ2) is 3.28. The number of hydrogen-bond donors (Lipinski definition) is 0. The molecule has 0 N–H and O–H groups in total. The van der Waals surface area contributed by atoms with Gasteiger partial charge in [-0.15, -0.1) is 11.3 Å². The molecule has 2 heteroatoms. The SMILES string of the molecule is [CH2]C(SC)c1cccs1. The van der Waals surface area contributed by atoms with Crippen LogP contribution in [0, 0.1) is 6.92 Å². The Kier molecular flexibility index (Phi) is 2.61. The largest absolute Gasteiger partial charge is 0.156 e. The van der Waals surface area contributed by atoms with Gasteiger partial charge in [-0.25, -0.2) is 0 Å². The molecule has 0 amide bonds. The van der Waals surface area contributed by atoms with Crippen LogP contribution in [0.5, 0.6) is 0 Å². The highest BCUT2D eigenvalue weighted by atomic mass is 32.2. The molecule has 9 heavy (non-hydrogen) atoms. The van der Waals surface area contributed by atoms with Crippen molar-refractivity contribution in [3.8, 4) is 0 Å². The van der Waals surface area contributed by atoms with Crippen molar-refractivity contribution in [3.05, 3.63) is 29.3 Å². The van der Waals surface area contributed by atoms with Gasteiger partial charge >= 0.3 is 0 Å². The van der Waals surface area contributed by atoms with Gasteiger partial charge in [0.15, 0.2) is 0 Å². The number of hydrogen-bond acceptors (Lipinski definition) is 2. The van der Waals surface area contributed by atoms with Crippen LogP contribution in [0.4, 0.5) is 0 Å². The van der Waals surface area contributed by atoms with Gasteiger partial charge in [0.25, 0.3) is 0 Å². The molecule has 0 saturated carbocycles. The summed E-state index contributed by atoms with van der Waals surface area (Å²) in [5.74, 6) is 0. The monoisotopic (exact) mass is 157 g/mol. The van der Waals surface area contributed by atoms with Gasteiger partial charge in [-0.3, -0.25) is 0 Å². The van der Waals surface area contributed by atoms with Gasteiger partial charge in [0.05, 0.1) is 0 Å². The number of thioether (sulfide) groups is 1. The van der Waals surface area contributed by atoms with Crippen LogP contribution < -0.4 is 0 Å². The third kappa shape index (κ3) is 1.73. The Morgan fingerprint density at radius 1 is 1.78 bits per heavy atom. The topological polar surface area (TPSA) is 0 Å². The molecule has 1 aromatic rings. The predicted octanol–water partition coefficient (Wildman–Crippen LogP) is 2.99. The van der Waals surface area contributed by atoms with Gasteiger partial charge in [-0.1, -0.05) is 6.07 Å². The van der Waals surface area contributed by atoms with E-state index >= 15 is 0 Å². The summed E-state index contributed by atoms with van der Waals surface area (Å²) in [6.07, 6.45) is 2.08. The van der Waals surface area contributed by atoms with Crippen LogP contribution >= 0.6 is 23.1 Å². The highest BCUT2D eigenvalue weighted by Crippen LogP contribution is 2.28. The molecule has 1 atom stereocenters. The molecular weight excluding hydrogens is 148 g/mol. The first-order valence-electron chi connectivity index (χ1n) is 2.74. The van der Waals surface area contributed by atoms with E-state index in [1.165, 1.54) is 4.88 Å². The van der Waals surface area contributed by atoms with Gasteiger partial charge in [0.2, 0.25) is 0 Å². The molecule has 0 aliphatic heterocycles. The van der Waals surface area contributed by atoms with E-state index in [-0.39, 0.29) is 0 Å². The minimum Gasteiger partial charge on any atom is -0.156 e. The average molecular weight is 157 g/mol. The minimum atomic E-state index is 0.421. The van der Waals surface area contributed by atoms with E-state index < -0.39 is 0 Å². The van der Waals surface area contributed by atoms with Gasteiger partial charge < -0.3 is 0 Å². The van der Waals surface area contributed by atoms with Crippen molar-refractivity contribution in [2.24, 2.45) is 0 Å². The predicted molar refractivity (Wildman–Crippen MR) is 45.9 cm³/mol. The summed E-state index contributed by atoms with van der Waals surface area (Å²) in [6.45, 7) is 3.97. The summed E-state index contributed by atoms with van der Waals surface area (Å²) in [7, 11) is 0. The van der Waals surface area contributed by atoms with Gasteiger partial charge in [-0.2, -0.15) is 11.8 Å². The van der Waals surface area contributed by atoms with Crippen LogP contribution in [0.25, 0.3) is 0 Å². The average Bonchev–Trinajstić information content (AvgIpc) is 2.37. The third-order valence-electron chi connectivity index (χ3n) is 1.15. The zero-order chi connectivity index (χ0) is 6.69. The minimum absolute atomic E-state index is 0.421. The number of thiophene rings is 1. The summed E-state index contributed by atoms with van der Waals surface area (Å²) < 4.78 is 0. The molecular formula is C7H9S2. The first-order chi connectivity index (χ1) is 4.34. The quantitative estimate of drug-likeness (QED) is 0.636. The summed E-state index contributed by atoms with van der Waals surface area (Å²) >= 11 is 3.55. The standard InChI is InChI=1S/C7H9S2/c1-6(8-2)7-4-3-5-9-7/h3-6H,1H2,2H3. The normalized spacial score (nSPS) is 13.6. The fourth-order valence-electron chi connectivity index (χ4n) is 0.591. The van der Waals surface area contributed by atoms with Crippen molar-refractivity contribution in [2.75, 3.05) is 6.26 Å². The lowest BCUT2D eigenvalue weighted by Gasteiger charge is -2.01. The first-order valence-corrected chi connectivity index (χ1v) is 4.90. The van der Waals surface area contributed by atoms with Crippen molar-refractivity contribution in [3.63, 3.8) is 0 Å². The molecule has 0 fully saturated rings. The maximum Gasteiger partial charge on any atom is 0.0388 e. The fourth-order valence-corrected chi connectivity index (χ4v) is 1.98. The Morgan fingerprint density at radius 3 is 3.00 bits per heavy atom. The Labute approximate surface area is 64.3 Å². The van der Waals surface area contributed by atoms with Crippen molar-refractivity contribution in [1.29, 1.82) is 0 Å². The fraction of sp³-hybridized carbons (Fsp3) is 0.286.